The Morgan fingerprint density at radius 2 is 1.61 bits per heavy atom. The molecule has 0 fully saturated rings. The molecule has 2 N–H and O–H groups in total. The van der Waals surface area contributed by atoms with Gasteiger partial charge in [-0.1, -0.05) is 42.5 Å². The summed E-state index contributed by atoms with van der Waals surface area (Å²) in [5.74, 6) is 0. The van der Waals surface area contributed by atoms with Crippen LogP contribution in [0.15, 0.2) is 82.4 Å². The number of nitrogens with zero attached hydrogens (tertiary/aromatic N) is 1. The summed E-state index contributed by atoms with van der Waals surface area (Å²) in [4.78, 5) is 2.42. The van der Waals surface area contributed by atoms with Crippen LogP contribution in [0.25, 0.3) is 31.9 Å². The summed E-state index contributed by atoms with van der Waals surface area (Å²) in [7, 11) is -3.61. The number of rotatable bonds is 7. The number of hydrogen-bond acceptors (Lipinski definition) is 5. The normalized spacial score (nSPS) is 11.9. The Kier molecular flexibility index (Phi) is 5.45. The molecular weight excluding hydrogens is 446 g/mol. The monoisotopic (exact) mass is 465 g/mol. The smallest absolute Gasteiger partial charge is 0.240 e. The first kappa shape index (κ1) is 20.1. The molecule has 5 nitrogen and oxygen atoms in total. The van der Waals surface area contributed by atoms with E-state index in [4.69, 9.17) is 0 Å². The maximum Gasteiger partial charge on any atom is 0.240 e. The number of thiophene rings is 2. The molecule has 8 heteroatoms. The average Bonchev–Trinajstić information content (AvgIpc) is 3.54. The fraction of sp³-hybridized carbons (Fsp3) is 0.0870. The molecule has 0 saturated carbocycles. The molecule has 31 heavy (non-hydrogen) atoms. The second-order valence-corrected chi connectivity index (χ2v) is 10.7. The largest absolute Gasteiger partial charge is 0.276 e. The van der Waals surface area contributed by atoms with Crippen molar-refractivity contribution in [3.63, 3.8) is 0 Å². The van der Waals surface area contributed by atoms with Crippen LogP contribution < -0.4 is 4.72 Å². The standard InChI is InChI=1S/C23H19N3O2S3/c27-31(28,18-10-9-16-5-1-2-6-17(16)15-18)24-12-11-19-22(20-7-3-13-29-20)25-26-23(19)21-8-4-14-30-21/h1-10,13-15,24H,11-12H2,(H,25,26). The molecular formula is C23H19N3O2S3. The molecule has 0 unspecified atom stereocenters. The molecule has 0 amide bonds. The van der Waals surface area contributed by atoms with E-state index in [1.54, 1.807) is 34.8 Å². The van der Waals surface area contributed by atoms with Crippen LogP contribution in [-0.2, 0) is 16.4 Å². The lowest BCUT2D eigenvalue weighted by Gasteiger charge is -2.09. The van der Waals surface area contributed by atoms with Crippen LogP contribution in [0.4, 0.5) is 0 Å². The van der Waals surface area contributed by atoms with Gasteiger partial charge in [0.25, 0.3) is 0 Å². The second kappa shape index (κ2) is 8.39. The Labute approximate surface area is 188 Å². The highest BCUT2D eigenvalue weighted by atomic mass is 32.2. The lowest BCUT2D eigenvalue weighted by atomic mass is 10.1. The number of H-pyrrole nitrogens is 1. The van der Waals surface area contributed by atoms with E-state index in [1.807, 2.05) is 65.4 Å². The summed E-state index contributed by atoms with van der Waals surface area (Å²) in [6.07, 6.45) is 0.532. The first-order chi connectivity index (χ1) is 15.1. The number of fused-ring (bicyclic) bond motifs is 1. The minimum atomic E-state index is -3.61. The van der Waals surface area contributed by atoms with Crippen LogP contribution in [0.3, 0.4) is 0 Å². The zero-order chi connectivity index (χ0) is 21.3. The molecule has 3 heterocycles. The van der Waals surface area contributed by atoms with Crippen molar-refractivity contribution in [2.24, 2.45) is 0 Å². The van der Waals surface area contributed by atoms with Gasteiger partial charge in [0.2, 0.25) is 10.0 Å². The Hall–Kier alpha value is -2.78. The quantitative estimate of drug-likeness (QED) is 0.331. The van der Waals surface area contributed by atoms with E-state index in [1.165, 1.54) is 0 Å². The highest BCUT2D eigenvalue weighted by Crippen LogP contribution is 2.34. The van der Waals surface area contributed by atoms with E-state index in [2.05, 4.69) is 14.9 Å². The number of aromatic amines is 1. The van der Waals surface area contributed by atoms with Gasteiger partial charge in [-0.25, -0.2) is 13.1 Å². The summed E-state index contributed by atoms with van der Waals surface area (Å²) in [6, 6.07) is 21.0. The molecule has 3 aromatic heterocycles. The third-order valence-corrected chi connectivity index (χ3v) is 8.31. The number of benzene rings is 2. The molecule has 0 spiro atoms. The highest BCUT2D eigenvalue weighted by Gasteiger charge is 2.19. The molecule has 0 saturated heterocycles. The summed E-state index contributed by atoms with van der Waals surface area (Å²) in [6.45, 7) is 0.283. The topological polar surface area (TPSA) is 74.8 Å². The van der Waals surface area contributed by atoms with Crippen molar-refractivity contribution in [2.45, 2.75) is 11.3 Å². The summed E-state index contributed by atoms with van der Waals surface area (Å²) >= 11 is 3.25. The third kappa shape index (κ3) is 4.07. The highest BCUT2D eigenvalue weighted by molar-refractivity contribution is 7.89. The SMILES string of the molecule is O=S(=O)(NCCc1c(-c2cccs2)n[nH]c1-c1cccs1)c1ccc2ccccc2c1. The van der Waals surface area contributed by atoms with Crippen molar-refractivity contribution < 1.29 is 8.42 Å². The van der Waals surface area contributed by atoms with Crippen molar-refractivity contribution in [3.05, 3.63) is 83.1 Å². The van der Waals surface area contributed by atoms with E-state index in [0.29, 0.717) is 6.42 Å². The van der Waals surface area contributed by atoms with Crippen LogP contribution in [0.2, 0.25) is 0 Å². The van der Waals surface area contributed by atoms with Crippen molar-refractivity contribution in [1.29, 1.82) is 0 Å². The molecule has 0 bridgehead atoms. The Balaban J connectivity index is 1.40. The van der Waals surface area contributed by atoms with Gasteiger partial charge in [-0.2, -0.15) is 5.10 Å². The Bertz CT molecular complexity index is 1370. The maximum absolute atomic E-state index is 12.9. The third-order valence-electron chi connectivity index (χ3n) is 5.09. The zero-order valence-corrected chi connectivity index (χ0v) is 18.9. The van der Waals surface area contributed by atoms with Gasteiger partial charge >= 0.3 is 0 Å². The van der Waals surface area contributed by atoms with Gasteiger partial charge in [0, 0.05) is 12.1 Å². The van der Waals surface area contributed by atoms with Crippen LogP contribution >= 0.6 is 22.7 Å². The minimum Gasteiger partial charge on any atom is -0.276 e. The van der Waals surface area contributed by atoms with E-state index in [9.17, 15) is 8.42 Å². The van der Waals surface area contributed by atoms with Crippen LogP contribution in [0.5, 0.6) is 0 Å². The molecule has 0 aliphatic rings. The van der Waals surface area contributed by atoms with Crippen LogP contribution in [-0.4, -0.2) is 25.2 Å². The predicted molar refractivity (Wildman–Crippen MR) is 128 cm³/mol. The van der Waals surface area contributed by atoms with Gasteiger partial charge in [0.15, 0.2) is 0 Å². The zero-order valence-electron chi connectivity index (χ0n) is 16.4. The van der Waals surface area contributed by atoms with Gasteiger partial charge in [0.1, 0.15) is 5.69 Å². The van der Waals surface area contributed by atoms with Crippen molar-refractivity contribution >= 4 is 43.5 Å². The van der Waals surface area contributed by atoms with Gasteiger partial charge < -0.3 is 0 Å². The van der Waals surface area contributed by atoms with E-state index >= 15 is 0 Å². The summed E-state index contributed by atoms with van der Waals surface area (Å²) < 4.78 is 28.6. The van der Waals surface area contributed by atoms with Crippen LogP contribution in [0.1, 0.15) is 5.56 Å². The number of aromatic nitrogens is 2. The fourth-order valence-corrected chi connectivity index (χ4v) is 6.13. The molecule has 5 rings (SSSR count). The van der Waals surface area contributed by atoms with E-state index in [-0.39, 0.29) is 11.4 Å². The van der Waals surface area contributed by atoms with Crippen LogP contribution in [0, 0.1) is 0 Å². The first-order valence-electron chi connectivity index (χ1n) is 9.75. The Morgan fingerprint density at radius 3 is 2.35 bits per heavy atom. The lowest BCUT2D eigenvalue weighted by molar-refractivity contribution is 0.582. The molecule has 2 aromatic carbocycles. The molecule has 0 radical (unpaired) electrons. The average molecular weight is 466 g/mol. The predicted octanol–water partition coefficient (Wildman–Crippen LogP) is 5.54. The molecule has 5 aromatic rings. The minimum absolute atomic E-state index is 0.273. The van der Waals surface area contributed by atoms with Crippen molar-refractivity contribution in [3.8, 4) is 21.1 Å². The molecule has 0 aliphatic carbocycles. The van der Waals surface area contributed by atoms with E-state index in [0.717, 1.165) is 37.5 Å². The fourth-order valence-electron chi connectivity index (χ4n) is 3.58. The van der Waals surface area contributed by atoms with Gasteiger partial charge in [0.05, 0.1) is 20.3 Å². The number of sulfonamides is 1. The van der Waals surface area contributed by atoms with Gasteiger partial charge in [-0.3, -0.25) is 5.10 Å². The lowest BCUT2D eigenvalue weighted by Crippen LogP contribution is -2.26. The Morgan fingerprint density at radius 1 is 0.871 bits per heavy atom. The number of nitrogens with one attached hydrogen (secondary N) is 2. The maximum atomic E-state index is 12.9. The molecule has 0 atom stereocenters. The summed E-state index contributed by atoms with van der Waals surface area (Å²) in [5.41, 5.74) is 2.85. The summed E-state index contributed by atoms with van der Waals surface area (Å²) in [5, 5.41) is 13.6. The number of hydrogen-bond donors (Lipinski definition) is 2. The first-order valence-corrected chi connectivity index (χ1v) is 13.0. The van der Waals surface area contributed by atoms with E-state index < -0.39 is 10.0 Å². The van der Waals surface area contributed by atoms with Crippen molar-refractivity contribution in [1.82, 2.24) is 14.9 Å². The molecule has 0 aliphatic heterocycles. The molecule has 156 valence electrons. The second-order valence-electron chi connectivity index (χ2n) is 7.04. The van der Waals surface area contributed by atoms with Gasteiger partial charge in [-0.05, 0) is 52.2 Å². The van der Waals surface area contributed by atoms with Crippen molar-refractivity contribution in [2.75, 3.05) is 6.54 Å². The van der Waals surface area contributed by atoms with Gasteiger partial charge in [-0.15, -0.1) is 22.7 Å².